The lowest BCUT2D eigenvalue weighted by atomic mass is 9.97. The van der Waals surface area contributed by atoms with Crippen molar-refractivity contribution in [3.05, 3.63) is 17.5 Å². The third-order valence-electron chi connectivity index (χ3n) is 3.24. The number of hydrogen-bond acceptors (Lipinski definition) is 4. The highest BCUT2D eigenvalue weighted by Crippen LogP contribution is 2.47. The molecule has 2 rings (SSSR count). The predicted octanol–water partition coefficient (Wildman–Crippen LogP) is 0.488. The van der Waals surface area contributed by atoms with Crippen LogP contribution >= 0.6 is 0 Å². The molecule has 5 heteroatoms. The van der Waals surface area contributed by atoms with E-state index in [1.165, 1.54) is 7.11 Å². The number of rotatable bonds is 4. The first kappa shape index (κ1) is 11.1. The van der Waals surface area contributed by atoms with E-state index in [1.807, 2.05) is 6.20 Å². The van der Waals surface area contributed by atoms with Crippen LogP contribution in [0.4, 0.5) is 0 Å². The van der Waals surface area contributed by atoms with Crippen molar-refractivity contribution in [2.75, 3.05) is 13.7 Å². The monoisotopic (exact) mass is 223 g/mol. The topological polar surface area (TPSA) is 70.1 Å². The number of ether oxygens (including phenoxy) is 1. The van der Waals surface area contributed by atoms with Gasteiger partial charge in [0.15, 0.2) is 5.69 Å². The lowest BCUT2D eigenvalue weighted by Gasteiger charge is -2.10. The largest absolute Gasteiger partial charge is 0.464 e. The van der Waals surface area contributed by atoms with Crippen LogP contribution in [0.15, 0.2) is 6.20 Å². The van der Waals surface area contributed by atoms with Crippen LogP contribution < -0.4 is 5.73 Å². The number of carbonyl (C=O) groups excluding carboxylic acids is 1. The summed E-state index contributed by atoms with van der Waals surface area (Å²) < 4.78 is 6.36. The van der Waals surface area contributed by atoms with E-state index in [0.29, 0.717) is 12.2 Å². The molecule has 0 amide bonds. The van der Waals surface area contributed by atoms with Crippen LogP contribution in [-0.2, 0) is 18.2 Å². The minimum Gasteiger partial charge on any atom is -0.464 e. The van der Waals surface area contributed by atoms with Crippen LogP contribution in [0.2, 0.25) is 0 Å². The summed E-state index contributed by atoms with van der Waals surface area (Å²) in [6.45, 7) is 0.669. The fraction of sp³-hybridized carbons (Fsp3) is 0.636. The Morgan fingerprint density at radius 1 is 1.69 bits per heavy atom. The smallest absolute Gasteiger partial charge is 0.358 e. The Morgan fingerprint density at radius 3 is 2.88 bits per heavy atom. The van der Waals surface area contributed by atoms with Gasteiger partial charge in [0.2, 0.25) is 0 Å². The maximum atomic E-state index is 11.5. The molecule has 2 N–H and O–H groups in total. The normalized spacial score (nSPS) is 17.2. The maximum absolute atomic E-state index is 11.5. The average molecular weight is 223 g/mol. The van der Waals surface area contributed by atoms with Gasteiger partial charge in [0.25, 0.3) is 0 Å². The van der Waals surface area contributed by atoms with E-state index in [2.05, 4.69) is 5.10 Å². The zero-order valence-electron chi connectivity index (χ0n) is 9.69. The Labute approximate surface area is 94.6 Å². The van der Waals surface area contributed by atoms with Gasteiger partial charge < -0.3 is 10.5 Å². The number of esters is 1. The summed E-state index contributed by atoms with van der Waals surface area (Å²) in [5.41, 5.74) is 7.30. The second kappa shape index (κ2) is 3.90. The molecule has 1 heterocycles. The third-order valence-corrected chi connectivity index (χ3v) is 3.24. The summed E-state index contributed by atoms with van der Waals surface area (Å²) in [7, 11) is 3.18. The molecule has 1 saturated carbocycles. The standard InChI is InChI=1S/C11H17N3O2/c1-14-6-8(5-11(7-12)3-4-11)9(13-14)10(15)16-2/h6H,3-5,7,12H2,1-2H3. The number of carbonyl (C=O) groups is 1. The van der Waals surface area contributed by atoms with Gasteiger partial charge in [-0.3, -0.25) is 4.68 Å². The first-order valence-electron chi connectivity index (χ1n) is 5.41. The van der Waals surface area contributed by atoms with E-state index in [1.54, 1.807) is 11.7 Å². The molecule has 1 aromatic heterocycles. The van der Waals surface area contributed by atoms with Crippen molar-refractivity contribution in [3.63, 3.8) is 0 Å². The molecular weight excluding hydrogens is 206 g/mol. The summed E-state index contributed by atoms with van der Waals surface area (Å²) in [4.78, 5) is 11.5. The molecule has 0 unspecified atom stereocenters. The minimum absolute atomic E-state index is 0.200. The summed E-state index contributed by atoms with van der Waals surface area (Å²) in [5.74, 6) is -0.372. The van der Waals surface area contributed by atoms with E-state index in [4.69, 9.17) is 10.5 Å². The molecule has 0 aromatic carbocycles. The van der Waals surface area contributed by atoms with Crippen molar-refractivity contribution in [2.24, 2.45) is 18.2 Å². The fourth-order valence-corrected chi connectivity index (χ4v) is 1.97. The number of hydrogen-bond donors (Lipinski definition) is 1. The molecule has 0 bridgehead atoms. The fourth-order valence-electron chi connectivity index (χ4n) is 1.97. The van der Waals surface area contributed by atoms with Gasteiger partial charge in [-0.1, -0.05) is 0 Å². The quantitative estimate of drug-likeness (QED) is 0.754. The second-order valence-electron chi connectivity index (χ2n) is 4.55. The van der Waals surface area contributed by atoms with Crippen LogP contribution in [0.3, 0.4) is 0 Å². The number of aromatic nitrogens is 2. The van der Waals surface area contributed by atoms with E-state index in [-0.39, 0.29) is 11.4 Å². The van der Waals surface area contributed by atoms with Gasteiger partial charge in [0.05, 0.1) is 7.11 Å². The molecule has 0 aliphatic heterocycles. The van der Waals surface area contributed by atoms with Crippen molar-refractivity contribution < 1.29 is 9.53 Å². The van der Waals surface area contributed by atoms with Crippen LogP contribution in [0.1, 0.15) is 28.9 Å². The first-order chi connectivity index (χ1) is 7.60. The minimum atomic E-state index is -0.372. The van der Waals surface area contributed by atoms with Gasteiger partial charge in [-0.05, 0) is 31.2 Å². The highest BCUT2D eigenvalue weighted by Gasteiger charge is 2.42. The van der Waals surface area contributed by atoms with Crippen molar-refractivity contribution in [1.29, 1.82) is 0 Å². The van der Waals surface area contributed by atoms with Gasteiger partial charge >= 0.3 is 5.97 Å². The zero-order valence-corrected chi connectivity index (χ0v) is 9.69. The number of aryl methyl sites for hydroxylation is 1. The average Bonchev–Trinajstić information content (AvgIpc) is 2.95. The molecule has 0 saturated heterocycles. The Hall–Kier alpha value is -1.36. The molecule has 88 valence electrons. The van der Waals surface area contributed by atoms with E-state index in [9.17, 15) is 4.79 Å². The molecule has 0 atom stereocenters. The lowest BCUT2D eigenvalue weighted by molar-refractivity contribution is 0.0591. The van der Waals surface area contributed by atoms with Gasteiger partial charge in [-0.2, -0.15) is 5.10 Å². The molecule has 1 aromatic rings. The molecular formula is C11H17N3O2. The molecule has 1 aliphatic rings. The van der Waals surface area contributed by atoms with Crippen molar-refractivity contribution in [2.45, 2.75) is 19.3 Å². The molecule has 0 spiro atoms. The van der Waals surface area contributed by atoms with Crippen LogP contribution in [0, 0.1) is 5.41 Å². The molecule has 1 aliphatic carbocycles. The molecule has 1 fully saturated rings. The highest BCUT2D eigenvalue weighted by atomic mass is 16.5. The third kappa shape index (κ3) is 1.95. The molecule has 16 heavy (non-hydrogen) atoms. The SMILES string of the molecule is COC(=O)c1nn(C)cc1CC1(CN)CC1. The second-order valence-corrected chi connectivity index (χ2v) is 4.55. The summed E-state index contributed by atoms with van der Waals surface area (Å²) >= 11 is 0. The van der Waals surface area contributed by atoms with Crippen molar-refractivity contribution in [3.8, 4) is 0 Å². The van der Waals surface area contributed by atoms with Gasteiger partial charge in [0, 0.05) is 18.8 Å². The Bertz CT molecular complexity index is 407. The first-order valence-corrected chi connectivity index (χ1v) is 5.41. The Kier molecular flexibility index (Phi) is 2.71. The summed E-state index contributed by atoms with van der Waals surface area (Å²) in [6.07, 6.45) is 4.97. The van der Waals surface area contributed by atoms with Crippen LogP contribution in [0.25, 0.3) is 0 Å². The van der Waals surface area contributed by atoms with Gasteiger partial charge in [-0.15, -0.1) is 0 Å². The molecule has 5 nitrogen and oxygen atoms in total. The van der Waals surface area contributed by atoms with Crippen LogP contribution in [0.5, 0.6) is 0 Å². The Morgan fingerprint density at radius 2 is 2.38 bits per heavy atom. The van der Waals surface area contributed by atoms with Crippen molar-refractivity contribution >= 4 is 5.97 Å². The van der Waals surface area contributed by atoms with E-state index < -0.39 is 0 Å². The van der Waals surface area contributed by atoms with Gasteiger partial charge in [0.1, 0.15) is 0 Å². The van der Waals surface area contributed by atoms with Gasteiger partial charge in [-0.25, -0.2) is 4.79 Å². The van der Waals surface area contributed by atoms with E-state index >= 15 is 0 Å². The Balaban J connectivity index is 2.23. The summed E-state index contributed by atoms with van der Waals surface area (Å²) in [6, 6.07) is 0. The number of nitrogens with zero attached hydrogens (tertiary/aromatic N) is 2. The van der Waals surface area contributed by atoms with Crippen LogP contribution in [-0.4, -0.2) is 29.4 Å². The zero-order chi connectivity index (χ0) is 11.8. The lowest BCUT2D eigenvalue weighted by Crippen LogP contribution is -2.19. The predicted molar refractivity (Wildman–Crippen MR) is 59.0 cm³/mol. The maximum Gasteiger partial charge on any atom is 0.358 e. The summed E-state index contributed by atoms with van der Waals surface area (Å²) in [5, 5.41) is 4.13. The van der Waals surface area contributed by atoms with Crippen molar-refractivity contribution in [1.82, 2.24) is 9.78 Å². The number of nitrogens with two attached hydrogens (primary N) is 1. The number of methoxy groups -OCH3 is 1. The highest BCUT2D eigenvalue weighted by molar-refractivity contribution is 5.88. The van der Waals surface area contributed by atoms with E-state index in [0.717, 1.165) is 24.8 Å². The molecule has 0 radical (unpaired) electrons.